The number of hydrogen-bond donors (Lipinski definition) is 0. The molecular weight excluding hydrogens is 887 g/mol. The lowest BCUT2D eigenvalue weighted by Gasteiger charge is -2.29. The zero-order valence-electron chi connectivity index (χ0n) is 40.9. The van der Waals surface area contributed by atoms with Crippen molar-refractivity contribution in [3.8, 4) is 66.8 Å². The Morgan fingerprint density at radius 1 is 0.333 bits per heavy atom. The standard InChI is InChI=1S/C70H51NS/c1-69(2)61-27-12-9-21-53(61)55-41-36-47(43-63(55)69)44-31-37-48(38-32-44)71(64-29-14-11-23-56(64)57-24-16-30-65-66(57)60-42-35-45-17-5-6-19-51(45)68(60)72-65)49-39-33-46(34-40-49)50-18-7-8-20-52(50)58-25-15-26-59-54-22-10-13-28-62(54)70(3,4)67(58)59/h5-43H,1-4H3. The summed E-state index contributed by atoms with van der Waals surface area (Å²) in [7, 11) is 0. The van der Waals surface area contributed by atoms with Crippen molar-refractivity contribution in [2.45, 2.75) is 38.5 Å². The minimum atomic E-state index is -0.126. The minimum absolute atomic E-state index is 0.0671. The van der Waals surface area contributed by atoms with E-state index in [0.29, 0.717) is 0 Å². The molecule has 2 aliphatic carbocycles. The summed E-state index contributed by atoms with van der Waals surface area (Å²) >= 11 is 1.90. The van der Waals surface area contributed by atoms with Crippen molar-refractivity contribution < 1.29 is 0 Å². The first-order valence-corrected chi connectivity index (χ1v) is 26.1. The second-order valence-electron chi connectivity index (χ2n) is 20.8. The van der Waals surface area contributed by atoms with E-state index in [4.69, 9.17) is 0 Å². The highest BCUT2D eigenvalue weighted by Crippen LogP contribution is 2.54. The van der Waals surface area contributed by atoms with Crippen LogP contribution < -0.4 is 4.90 Å². The van der Waals surface area contributed by atoms with Gasteiger partial charge in [-0.15, -0.1) is 11.3 Å². The summed E-state index contributed by atoms with van der Waals surface area (Å²) in [4.78, 5) is 2.46. The number of anilines is 3. The van der Waals surface area contributed by atoms with Crippen molar-refractivity contribution in [3.05, 3.63) is 259 Å². The van der Waals surface area contributed by atoms with E-state index in [9.17, 15) is 0 Å². The Bertz CT molecular complexity index is 4150. The van der Waals surface area contributed by atoms with E-state index in [-0.39, 0.29) is 10.8 Å². The second-order valence-corrected chi connectivity index (χ2v) is 21.8. The fraction of sp³-hybridized carbons (Fsp3) is 0.0857. The van der Waals surface area contributed by atoms with E-state index in [2.05, 4.69) is 269 Å². The molecular formula is C70H51NS. The van der Waals surface area contributed by atoms with Gasteiger partial charge in [0, 0.05) is 47.9 Å². The van der Waals surface area contributed by atoms with Crippen molar-refractivity contribution in [2.24, 2.45) is 0 Å². The van der Waals surface area contributed by atoms with Crippen LogP contribution in [0.15, 0.2) is 237 Å². The van der Waals surface area contributed by atoms with E-state index in [1.165, 1.54) is 120 Å². The number of nitrogens with zero attached hydrogens (tertiary/aromatic N) is 1. The van der Waals surface area contributed by atoms with Crippen molar-refractivity contribution in [1.82, 2.24) is 0 Å². The predicted molar refractivity (Wildman–Crippen MR) is 308 cm³/mol. The van der Waals surface area contributed by atoms with Gasteiger partial charge < -0.3 is 4.90 Å². The molecule has 72 heavy (non-hydrogen) atoms. The highest BCUT2D eigenvalue weighted by atomic mass is 32.1. The molecule has 0 fully saturated rings. The first kappa shape index (κ1) is 42.6. The van der Waals surface area contributed by atoms with Gasteiger partial charge in [-0.25, -0.2) is 0 Å². The lowest BCUT2D eigenvalue weighted by atomic mass is 9.78. The maximum absolute atomic E-state index is 2.46. The second kappa shape index (κ2) is 16.1. The van der Waals surface area contributed by atoms with Gasteiger partial charge in [-0.2, -0.15) is 0 Å². The maximum atomic E-state index is 2.46. The van der Waals surface area contributed by atoms with Gasteiger partial charge in [0.15, 0.2) is 0 Å². The Balaban J connectivity index is 0.907. The van der Waals surface area contributed by atoms with Crippen LogP contribution in [0.1, 0.15) is 49.9 Å². The summed E-state index contributed by atoms with van der Waals surface area (Å²) in [5.41, 5.74) is 23.9. The van der Waals surface area contributed by atoms with E-state index in [0.717, 1.165) is 17.1 Å². The number of rotatable bonds is 7. The lowest BCUT2D eigenvalue weighted by molar-refractivity contribution is 0.660. The van der Waals surface area contributed by atoms with Crippen molar-refractivity contribution in [1.29, 1.82) is 0 Å². The van der Waals surface area contributed by atoms with Gasteiger partial charge in [0.1, 0.15) is 0 Å². The van der Waals surface area contributed by atoms with Crippen LogP contribution in [0.2, 0.25) is 0 Å². The molecule has 0 atom stereocenters. The van der Waals surface area contributed by atoms with Crippen LogP contribution in [0.5, 0.6) is 0 Å². The van der Waals surface area contributed by atoms with Crippen molar-refractivity contribution in [3.63, 3.8) is 0 Å². The Morgan fingerprint density at radius 2 is 0.861 bits per heavy atom. The first-order valence-electron chi connectivity index (χ1n) is 25.2. The Morgan fingerprint density at radius 3 is 1.61 bits per heavy atom. The van der Waals surface area contributed by atoms with Gasteiger partial charge in [-0.1, -0.05) is 222 Å². The van der Waals surface area contributed by atoms with Crippen LogP contribution in [-0.4, -0.2) is 0 Å². The molecule has 12 aromatic rings. The third-order valence-electron chi connectivity index (χ3n) is 16.1. The van der Waals surface area contributed by atoms with E-state index >= 15 is 0 Å². The average molecular weight is 938 g/mol. The first-order chi connectivity index (χ1) is 35.2. The van der Waals surface area contributed by atoms with Crippen molar-refractivity contribution in [2.75, 3.05) is 4.90 Å². The van der Waals surface area contributed by atoms with E-state index < -0.39 is 0 Å². The number of benzene rings is 11. The lowest BCUT2D eigenvalue weighted by Crippen LogP contribution is -2.16. The normalized spacial score (nSPS) is 13.8. The third kappa shape index (κ3) is 6.38. The molecule has 1 aromatic heterocycles. The maximum Gasteiger partial charge on any atom is 0.0540 e. The molecule has 2 aliphatic rings. The molecule has 342 valence electrons. The van der Waals surface area contributed by atoms with Gasteiger partial charge in [-0.3, -0.25) is 0 Å². The summed E-state index contributed by atoms with van der Waals surface area (Å²) in [6, 6.07) is 88.4. The fourth-order valence-corrected chi connectivity index (χ4v) is 13.9. The predicted octanol–water partition coefficient (Wildman–Crippen LogP) is 20.0. The molecule has 0 N–H and O–H groups in total. The zero-order chi connectivity index (χ0) is 48.3. The summed E-state index contributed by atoms with van der Waals surface area (Å²) in [5.74, 6) is 0. The number of hydrogen-bond acceptors (Lipinski definition) is 2. The molecule has 0 saturated carbocycles. The van der Waals surface area contributed by atoms with Crippen LogP contribution in [0.25, 0.3) is 97.7 Å². The summed E-state index contributed by atoms with van der Waals surface area (Å²) in [6.07, 6.45) is 0. The van der Waals surface area contributed by atoms with Gasteiger partial charge in [0.2, 0.25) is 0 Å². The van der Waals surface area contributed by atoms with E-state index in [1.54, 1.807) is 0 Å². The molecule has 0 spiro atoms. The quantitative estimate of drug-likeness (QED) is 0.154. The monoisotopic (exact) mass is 937 g/mol. The molecule has 1 nitrogen and oxygen atoms in total. The smallest absolute Gasteiger partial charge is 0.0540 e. The molecule has 0 aliphatic heterocycles. The average Bonchev–Trinajstić information content (AvgIpc) is 4.02. The van der Waals surface area contributed by atoms with Gasteiger partial charge >= 0.3 is 0 Å². The largest absolute Gasteiger partial charge is 0.310 e. The number of thiophene rings is 1. The van der Waals surface area contributed by atoms with Gasteiger partial charge in [0.25, 0.3) is 0 Å². The summed E-state index contributed by atoms with van der Waals surface area (Å²) in [6.45, 7) is 9.48. The zero-order valence-corrected chi connectivity index (χ0v) is 41.7. The number of para-hydroxylation sites is 1. The highest BCUT2D eigenvalue weighted by Gasteiger charge is 2.38. The SMILES string of the molecule is CC1(C)c2ccccc2-c2ccc(-c3ccc(N(c4ccc(-c5ccccc5-c5cccc6c5C(C)(C)c5ccccc5-6)cc4)c4ccccc4-c4cccc5sc6c7ccccc7ccc6c45)cc3)cc21. The molecule has 14 rings (SSSR count). The minimum Gasteiger partial charge on any atom is -0.310 e. The third-order valence-corrected chi connectivity index (χ3v) is 17.3. The summed E-state index contributed by atoms with van der Waals surface area (Å²) in [5, 5.41) is 5.18. The fourth-order valence-electron chi connectivity index (χ4n) is 12.6. The summed E-state index contributed by atoms with van der Waals surface area (Å²) < 4.78 is 2.63. The van der Waals surface area contributed by atoms with Crippen LogP contribution in [0.3, 0.4) is 0 Å². The van der Waals surface area contributed by atoms with Crippen LogP contribution >= 0.6 is 11.3 Å². The van der Waals surface area contributed by atoms with Crippen molar-refractivity contribution >= 4 is 59.3 Å². The van der Waals surface area contributed by atoms with Crippen LogP contribution in [-0.2, 0) is 10.8 Å². The molecule has 0 bridgehead atoms. The van der Waals surface area contributed by atoms with E-state index in [1.807, 2.05) is 11.3 Å². The molecule has 0 amide bonds. The Hall–Kier alpha value is -8.30. The van der Waals surface area contributed by atoms with Gasteiger partial charge in [-0.05, 0) is 137 Å². The molecule has 0 radical (unpaired) electrons. The molecule has 1 heterocycles. The van der Waals surface area contributed by atoms with Gasteiger partial charge in [0.05, 0.1) is 5.69 Å². The Labute approximate surface area is 426 Å². The topological polar surface area (TPSA) is 3.24 Å². The molecule has 11 aromatic carbocycles. The van der Waals surface area contributed by atoms with Crippen LogP contribution in [0.4, 0.5) is 17.1 Å². The highest BCUT2D eigenvalue weighted by molar-refractivity contribution is 7.26. The molecule has 0 unspecified atom stereocenters. The Kier molecular flexibility index (Phi) is 9.53. The van der Waals surface area contributed by atoms with Crippen LogP contribution in [0, 0.1) is 0 Å². The molecule has 2 heteroatoms. The number of fused-ring (bicyclic) bond motifs is 11. The molecule has 0 saturated heterocycles.